The third-order valence-corrected chi connectivity index (χ3v) is 4.00. The van der Waals surface area contributed by atoms with Crippen LogP contribution in [0.25, 0.3) is 0 Å². The summed E-state index contributed by atoms with van der Waals surface area (Å²) in [6.45, 7) is 1.35. The number of Topliss-reactive ketones (excluding diaryl/α,β-unsaturated/α-hetero) is 1. The van der Waals surface area contributed by atoms with Crippen molar-refractivity contribution < 1.29 is 22.0 Å². The van der Waals surface area contributed by atoms with Gasteiger partial charge in [-0.2, -0.15) is 0 Å². The Morgan fingerprint density at radius 1 is 1.29 bits per heavy atom. The van der Waals surface area contributed by atoms with Crippen LogP contribution in [0.2, 0.25) is 0 Å². The van der Waals surface area contributed by atoms with Crippen LogP contribution in [0.15, 0.2) is 23.1 Å². The van der Waals surface area contributed by atoms with Crippen molar-refractivity contribution in [1.82, 2.24) is 0 Å². The van der Waals surface area contributed by atoms with E-state index in [0.717, 1.165) is 12.1 Å². The van der Waals surface area contributed by atoms with Gasteiger partial charge in [-0.1, -0.05) is 0 Å². The van der Waals surface area contributed by atoms with Crippen LogP contribution in [0.1, 0.15) is 19.8 Å². The molecule has 0 saturated heterocycles. The van der Waals surface area contributed by atoms with Crippen molar-refractivity contribution in [2.45, 2.75) is 24.7 Å². The average Bonchev–Trinajstić information content (AvgIpc) is 2.15. The van der Waals surface area contributed by atoms with Crippen molar-refractivity contribution >= 4 is 15.6 Å². The first-order chi connectivity index (χ1) is 7.83. The summed E-state index contributed by atoms with van der Waals surface area (Å²) in [5.41, 5.74) is 0. The van der Waals surface area contributed by atoms with E-state index in [4.69, 9.17) is 0 Å². The summed E-state index contributed by atoms with van der Waals surface area (Å²) < 4.78 is 49.2. The van der Waals surface area contributed by atoms with Crippen LogP contribution in [0, 0.1) is 11.6 Å². The van der Waals surface area contributed by atoms with Crippen molar-refractivity contribution in [3.8, 4) is 0 Å². The number of hydrogen-bond acceptors (Lipinski definition) is 3. The molecular formula is C11H12F2O3S. The van der Waals surface area contributed by atoms with Gasteiger partial charge in [0.05, 0.1) is 5.75 Å². The number of hydrogen-bond donors (Lipinski definition) is 0. The molecule has 0 aliphatic carbocycles. The van der Waals surface area contributed by atoms with Crippen LogP contribution in [0.4, 0.5) is 8.78 Å². The molecule has 0 atom stereocenters. The van der Waals surface area contributed by atoms with Gasteiger partial charge in [-0.3, -0.25) is 0 Å². The number of sulfone groups is 1. The van der Waals surface area contributed by atoms with E-state index in [1.807, 2.05) is 0 Å². The van der Waals surface area contributed by atoms with Gasteiger partial charge in [-0.05, 0) is 25.5 Å². The SMILES string of the molecule is CC(=O)CCCS(=O)(=O)c1ccc(F)cc1F. The van der Waals surface area contributed by atoms with Crippen LogP contribution >= 0.6 is 0 Å². The molecule has 0 aromatic heterocycles. The molecule has 6 heteroatoms. The molecule has 0 bridgehead atoms. The van der Waals surface area contributed by atoms with E-state index in [-0.39, 0.29) is 24.4 Å². The van der Waals surface area contributed by atoms with Gasteiger partial charge in [-0.15, -0.1) is 0 Å². The third-order valence-electron chi connectivity index (χ3n) is 2.17. The summed E-state index contributed by atoms with van der Waals surface area (Å²) in [6.07, 6.45) is 0.260. The first kappa shape index (κ1) is 13.8. The van der Waals surface area contributed by atoms with Gasteiger partial charge in [-0.25, -0.2) is 17.2 Å². The Kier molecular flexibility index (Phi) is 4.34. The Balaban J connectivity index is 2.86. The Morgan fingerprint density at radius 2 is 1.94 bits per heavy atom. The van der Waals surface area contributed by atoms with E-state index in [9.17, 15) is 22.0 Å². The number of rotatable bonds is 5. The second-order valence-electron chi connectivity index (χ2n) is 3.70. The van der Waals surface area contributed by atoms with Gasteiger partial charge >= 0.3 is 0 Å². The molecule has 0 unspecified atom stereocenters. The van der Waals surface area contributed by atoms with E-state index < -0.39 is 26.4 Å². The number of halogens is 2. The molecule has 0 N–H and O–H groups in total. The normalized spacial score (nSPS) is 11.5. The average molecular weight is 262 g/mol. The van der Waals surface area contributed by atoms with Gasteiger partial charge in [0.25, 0.3) is 0 Å². The highest BCUT2D eigenvalue weighted by atomic mass is 32.2. The molecule has 0 amide bonds. The number of ketones is 1. The highest BCUT2D eigenvalue weighted by Crippen LogP contribution is 2.18. The van der Waals surface area contributed by atoms with Crippen LogP contribution in [-0.2, 0) is 14.6 Å². The fraction of sp³-hybridized carbons (Fsp3) is 0.364. The maximum absolute atomic E-state index is 13.2. The minimum Gasteiger partial charge on any atom is -0.300 e. The van der Waals surface area contributed by atoms with Gasteiger partial charge < -0.3 is 4.79 Å². The van der Waals surface area contributed by atoms with E-state index in [1.165, 1.54) is 6.92 Å². The van der Waals surface area contributed by atoms with Crippen molar-refractivity contribution in [3.63, 3.8) is 0 Å². The first-order valence-electron chi connectivity index (χ1n) is 5.00. The summed E-state index contributed by atoms with van der Waals surface area (Å²) in [4.78, 5) is 10.1. The molecule has 0 fully saturated rings. The fourth-order valence-corrected chi connectivity index (χ4v) is 2.72. The molecule has 3 nitrogen and oxygen atoms in total. The first-order valence-corrected chi connectivity index (χ1v) is 6.65. The van der Waals surface area contributed by atoms with Gasteiger partial charge in [0, 0.05) is 12.5 Å². The number of benzene rings is 1. The molecule has 94 valence electrons. The van der Waals surface area contributed by atoms with Gasteiger partial charge in [0.2, 0.25) is 0 Å². The molecule has 0 heterocycles. The fourth-order valence-electron chi connectivity index (χ4n) is 1.35. The summed E-state index contributed by atoms with van der Waals surface area (Å²) in [5.74, 6) is -2.38. The van der Waals surface area contributed by atoms with Crippen molar-refractivity contribution in [2.24, 2.45) is 0 Å². The Bertz CT molecular complexity index is 524. The molecule has 1 rings (SSSR count). The van der Waals surface area contributed by atoms with Crippen LogP contribution in [0.5, 0.6) is 0 Å². The van der Waals surface area contributed by atoms with Crippen LogP contribution in [-0.4, -0.2) is 20.0 Å². The molecule has 0 radical (unpaired) electrons. The molecule has 0 saturated carbocycles. The Labute approximate surface area is 98.4 Å². The predicted octanol–water partition coefficient (Wildman–Crippen LogP) is 2.11. The maximum Gasteiger partial charge on any atom is 0.181 e. The molecule has 0 aliphatic rings. The minimum absolute atomic E-state index is 0.125. The van der Waals surface area contributed by atoms with E-state index in [0.29, 0.717) is 6.07 Å². The second-order valence-corrected chi connectivity index (χ2v) is 5.78. The molecular weight excluding hydrogens is 250 g/mol. The van der Waals surface area contributed by atoms with Crippen molar-refractivity contribution in [3.05, 3.63) is 29.8 Å². The topological polar surface area (TPSA) is 51.2 Å². The molecule has 1 aromatic rings. The zero-order valence-corrected chi connectivity index (χ0v) is 10.1. The van der Waals surface area contributed by atoms with Crippen LogP contribution < -0.4 is 0 Å². The monoisotopic (exact) mass is 262 g/mol. The highest BCUT2D eigenvalue weighted by molar-refractivity contribution is 7.91. The smallest absolute Gasteiger partial charge is 0.181 e. The maximum atomic E-state index is 13.2. The summed E-state index contributed by atoms with van der Waals surface area (Å²) in [5, 5.41) is 0. The molecule has 1 aromatic carbocycles. The van der Waals surface area contributed by atoms with Gasteiger partial charge in [0.15, 0.2) is 9.84 Å². The molecule has 17 heavy (non-hydrogen) atoms. The summed E-state index contributed by atoms with van der Waals surface area (Å²) in [6, 6.07) is 2.31. The van der Waals surface area contributed by atoms with E-state index in [2.05, 4.69) is 0 Å². The minimum atomic E-state index is -3.80. The lowest BCUT2D eigenvalue weighted by atomic mass is 10.3. The number of carbonyl (C=O) groups excluding carboxylic acids is 1. The van der Waals surface area contributed by atoms with E-state index >= 15 is 0 Å². The number of carbonyl (C=O) groups is 1. The Hall–Kier alpha value is -1.30. The lowest BCUT2D eigenvalue weighted by Gasteiger charge is -2.04. The third kappa shape index (κ3) is 3.89. The molecule has 0 aliphatic heterocycles. The lowest BCUT2D eigenvalue weighted by Crippen LogP contribution is -2.10. The zero-order valence-electron chi connectivity index (χ0n) is 9.24. The highest BCUT2D eigenvalue weighted by Gasteiger charge is 2.19. The van der Waals surface area contributed by atoms with Crippen molar-refractivity contribution in [1.29, 1.82) is 0 Å². The van der Waals surface area contributed by atoms with Gasteiger partial charge in [0.1, 0.15) is 22.3 Å². The van der Waals surface area contributed by atoms with Crippen molar-refractivity contribution in [2.75, 3.05) is 5.75 Å². The lowest BCUT2D eigenvalue weighted by molar-refractivity contribution is -0.117. The predicted molar refractivity (Wildman–Crippen MR) is 58.3 cm³/mol. The standard InChI is InChI=1S/C11H12F2O3S/c1-8(14)3-2-6-17(15,16)11-5-4-9(12)7-10(11)13/h4-5,7H,2-3,6H2,1H3. The molecule has 0 spiro atoms. The second kappa shape index (κ2) is 5.35. The largest absolute Gasteiger partial charge is 0.300 e. The zero-order chi connectivity index (χ0) is 13.1. The summed E-state index contributed by atoms with van der Waals surface area (Å²) >= 11 is 0. The quantitative estimate of drug-likeness (QED) is 0.764. The Morgan fingerprint density at radius 3 is 2.47 bits per heavy atom. The van der Waals surface area contributed by atoms with E-state index in [1.54, 1.807) is 0 Å². The van der Waals surface area contributed by atoms with Crippen LogP contribution in [0.3, 0.4) is 0 Å². The summed E-state index contributed by atoms with van der Waals surface area (Å²) in [7, 11) is -3.80.